The number of amides is 2. The minimum absolute atomic E-state index is 0.377. The summed E-state index contributed by atoms with van der Waals surface area (Å²) < 4.78 is 3.01. The molecule has 0 spiro atoms. The highest BCUT2D eigenvalue weighted by Gasteiger charge is 2.35. The Balaban J connectivity index is 1.80. The third-order valence-corrected chi connectivity index (χ3v) is 6.00. The van der Waals surface area contributed by atoms with E-state index in [0.717, 1.165) is 50.4 Å². The van der Waals surface area contributed by atoms with Crippen LogP contribution >= 0.6 is 15.9 Å². The number of aromatic amines is 1. The molecule has 7 heteroatoms. The molecular formula is C23H19BrN4O2. The van der Waals surface area contributed by atoms with Gasteiger partial charge in [0.1, 0.15) is 0 Å². The monoisotopic (exact) mass is 462 g/mol. The van der Waals surface area contributed by atoms with Crippen molar-refractivity contribution in [2.24, 2.45) is 5.73 Å². The molecule has 2 amide bonds. The number of benzene rings is 2. The number of aromatic nitrogens is 2. The van der Waals surface area contributed by atoms with Gasteiger partial charge in [0, 0.05) is 56.3 Å². The Bertz CT molecular complexity index is 1360. The molecule has 5 rings (SSSR count). The van der Waals surface area contributed by atoms with Crippen molar-refractivity contribution in [2.45, 2.75) is 13.0 Å². The standard InChI is InChI=1S/C23H19BrN4O2/c24-13-6-7-19-15(10-13)17(12-28(19)9-3-8-25)21-20(22(29)27-23(21)30)16-11-26-18-5-2-1-4-14(16)18/h1-2,4-7,10-12,26H,3,8-9,25H2,(H,27,29,30). The third-order valence-electron chi connectivity index (χ3n) is 5.51. The number of fused-ring (bicyclic) bond motifs is 2. The summed E-state index contributed by atoms with van der Waals surface area (Å²) >= 11 is 3.53. The zero-order valence-electron chi connectivity index (χ0n) is 16.0. The van der Waals surface area contributed by atoms with E-state index in [-0.39, 0.29) is 11.8 Å². The second-order valence-corrected chi connectivity index (χ2v) is 8.24. The lowest BCUT2D eigenvalue weighted by molar-refractivity contribution is -0.122. The van der Waals surface area contributed by atoms with Gasteiger partial charge in [0.2, 0.25) is 0 Å². The molecule has 2 aromatic heterocycles. The Morgan fingerprint density at radius 3 is 2.53 bits per heavy atom. The van der Waals surface area contributed by atoms with Gasteiger partial charge in [-0.15, -0.1) is 0 Å². The Morgan fingerprint density at radius 2 is 1.73 bits per heavy atom. The van der Waals surface area contributed by atoms with E-state index in [1.807, 2.05) is 48.7 Å². The fourth-order valence-electron chi connectivity index (χ4n) is 4.16. The van der Waals surface area contributed by atoms with Crippen molar-refractivity contribution in [3.05, 3.63) is 70.5 Å². The Morgan fingerprint density at radius 1 is 0.967 bits per heavy atom. The van der Waals surface area contributed by atoms with Crippen LogP contribution in [0.15, 0.2) is 59.3 Å². The maximum Gasteiger partial charge on any atom is 0.259 e. The topological polar surface area (TPSA) is 92.9 Å². The molecule has 6 nitrogen and oxygen atoms in total. The number of para-hydroxylation sites is 1. The second-order valence-electron chi connectivity index (χ2n) is 7.32. The predicted molar refractivity (Wildman–Crippen MR) is 122 cm³/mol. The van der Waals surface area contributed by atoms with E-state index < -0.39 is 0 Å². The summed E-state index contributed by atoms with van der Waals surface area (Å²) in [5, 5.41) is 4.31. The van der Waals surface area contributed by atoms with Crippen molar-refractivity contribution in [1.29, 1.82) is 0 Å². The molecule has 0 radical (unpaired) electrons. The summed E-state index contributed by atoms with van der Waals surface area (Å²) in [6.45, 7) is 1.31. The lowest BCUT2D eigenvalue weighted by Gasteiger charge is -2.03. The molecule has 30 heavy (non-hydrogen) atoms. The van der Waals surface area contributed by atoms with Gasteiger partial charge in [0.25, 0.3) is 11.8 Å². The molecule has 0 aliphatic carbocycles. The number of carbonyl (C=O) groups is 2. The number of H-pyrrole nitrogens is 1. The van der Waals surface area contributed by atoms with E-state index >= 15 is 0 Å². The lowest BCUT2D eigenvalue weighted by Crippen LogP contribution is -2.22. The van der Waals surface area contributed by atoms with Crippen LogP contribution in [0.1, 0.15) is 17.5 Å². The number of imide groups is 1. The van der Waals surface area contributed by atoms with Crippen molar-refractivity contribution in [1.82, 2.24) is 14.9 Å². The van der Waals surface area contributed by atoms with Crippen LogP contribution in [0.5, 0.6) is 0 Å². The van der Waals surface area contributed by atoms with Gasteiger partial charge in [-0.1, -0.05) is 34.1 Å². The number of nitrogens with zero attached hydrogens (tertiary/aromatic N) is 1. The molecule has 0 saturated carbocycles. The highest BCUT2D eigenvalue weighted by molar-refractivity contribution is 9.10. The highest BCUT2D eigenvalue weighted by Crippen LogP contribution is 2.38. The minimum atomic E-state index is -0.377. The largest absolute Gasteiger partial charge is 0.361 e. The van der Waals surface area contributed by atoms with Crippen LogP contribution in [0.2, 0.25) is 0 Å². The number of nitrogens with one attached hydrogen (secondary N) is 2. The summed E-state index contributed by atoms with van der Waals surface area (Å²) in [5.41, 5.74) is 9.89. The number of rotatable bonds is 5. The van der Waals surface area contributed by atoms with Gasteiger partial charge in [-0.05, 0) is 37.2 Å². The zero-order chi connectivity index (χ0) is 20.8. The SMILES string of the molecule is NCCCn1cc(C2=C(c3c[nH]c4ccccc34)C(=O)NC2=O)c2cc(Br)ccc21. The zero-order valence-corrected chi connectivity index (χ0v) is 17.6. The van der Waals surface area contributed by atoms with Crippen LogP contribution < -0.4 is 11.1 Å². The second kappa shape index (κ2) is 7.27. The summed E-state index contributed by atoms with van der Waals surface area (Å²) in [6.07, 6.45) is 4.57. The quantitative estimate of drug-likeness (QED) is 0.393. The van der Waals surface area contributed by atoms with Crippen molar-refractivity contribution in [3.8, 4) is 0 Å². The molecule has 0 saturated heterocycles. The first-order valence-electron chi connectivity index (χ1n) is 9.73. The number of carbonyl (C=O) groups excluding carboxylic acids is 2. The van der Waals surface area contributed by atoms with Crippen molar-refractivity contribution in [3.63, 3.8) is 0 Å². The van der Waals surface area contributed by atoms with Crippen LogP contribution in [0, 0.1) is 0 Å². The molecule has 3 heterocycles. The fraction of sp³-hybridized carbons (Fsp3) is 0.130. The number of hydrogen-bond donors (Lipinski definition) is 3. The average molecular weight is 463 g/mol. The molecule has 150 valence electrons. The maximum atomic E-state index is 12.9. The van der Waals surface area contributed by atoms with Crippen LogP contribution in [0.3, 0.4) is 0 Å². The molecule has 0 atom stereocenters. The van der Waals surface area contributed by atoms with Gasteiger partial charge in [-0.2, -0.15) is 0 Å². The molecule has 0 bridgehead atoms. The highest BCUT2D eigenvalue weighted by atomic mass is 79.9. The van der Waals surface area contributed by atoms with Gasteiger partial charge in [-0.25, -0.2) is 0 Å². The minimum Gasteiger partial charge on any atom is -0.361 e. The summed E-state index contributed by atoms with van der Waals surface area (Å²) in [7, 11) is 0. The first-order chi connectivity index (χ1) is 14.6. The average Bonchev–Trinajstić information content (AvgIpc) is 3.39. The van der Waals surface area contributed by atoms with E-state index in [1.165, 1.54) is 0 Å². The van der Waals surface area contributed by atoms with Crippen LogP contribution in [-0.2, 0) is 16.1 Å². The van der Waals surface area contributed by atoms with E-state index in [1.54, 1.807) is 6.20 Å². The van der Waals surface area contributed by atoms with Crippen LogP contribution in [0.25, 0.3) is 33.0 Å². The Kier molecular flexibility index (Phi) is 4.56. The molecular weight excluding hydrogens is 444 g/mol. The smallest absolute Gasteiger partial charge is 0.259 e. The van der Waals surface area contributed by atoms with Gasteiger partial charge in [-0.3, -0.25) is 14.9 Å². The van der Waals surface area contributed by atoms with Crippen molar-refractivity contribution < 1.29 is 9.59 Å². The maximum absolute atomic E-state index is 12.9. The van der Waals surface area contributed by atoms with Gasteiger partial charge >= 0.3 is 0 Å². The van der Waals surface area contributed by atoms with E-state index in [4.69, 9.17) is 5.73 Å². The third kappa shape index (κ3) is 2.89. The molecule has 4 aromatic rings. The van der Waals surface area contributed by atoms with Gasteiger partial charge < -0.3 is 15.3 Å². The number of hydrogen-bond acceptors (Lipinski definition) is 3. The van der Waals surface area contributed by atoms with Gasteiger partial charge in [0.15, 0.2) is 0 Å². The fourth-order valence-corrected chi connectivity index (χ4v) is 4.52. The summed E-state index contributed by atoms with van der Waals surface area (Å²) in [5.74, 6) is -0.754. The Labute approximate surface area is 180 Å². The molecule has 4 N–H and O–H groups in total. The number of halogens is 1. The van der Waals surface area contributed by atoms with Crippen LogP contribution in [-0.4, -0.2) is 27.9 Å². The molecule has 1 aliphatic rings. The normalized spacial score (nSPS) is 14.3. The van der Waals surface area contributed by atoms with Crippen LogP contribution in [0.4, 0.5) is 0 Å². The van der Waals surface area contributed by atoms with Gasteiger partial charge in [0.05, 0.1) is 11.1 Å². The summed E-state index contributed by atoms with van der Waals surface area (Å²) in [4.78, 5) is 29.0. The van der Waals surface area contributed by atoms with E-state index in [2.05, 4.69) is 30.8 Å². The van der Waals surface area contributed by atoms with Crippen molar-refractivity contribution >= 4 is 60.7 Å². The molecule has 0 fully saturated rings. The number of nitrogens with two attached hydrogens (primary N) is 1. The first kappa shape index (κ1) is 18.8. The first-order valence-corrected chi connectivity index (χ1v) is 10.5. The molecule has 2 aromatic carbocycles. The van der Waals surface area contributed by atoms with E-state index in [9.17, 15) is 9.59 Å². The van der Waals surface area contributed by atoms with E-state index in [0.29, 0.717) is 17.7 Å². The number of aryl methyl sites for hydroxylation is 1. The predicted octanol–water partition coefficient (Wildman–Crippen LogP) is 3.80. The summed E-state index contributed by atoms with van der Waals surface area (Å²) in [6, 6.07) is 13.7. The molecule has 0 unspecified atom stereocenters. The molecule has 1 aliphatic heterocycles. The van der Waals surface area contributed by atoms with Crippen molar-refractivity contribution in [2.75, 3.05) is 6.54 Å². The lowest BCUT2D eigenvalue weighted by atomic mass is 9.95. The Hall–Kier alpha value is -3.16.